The van der Waals surface area contributed by atoms with E-state index >= 15 is 0 Å². The molecule has 0 aromatic carbocycles. The van der Waals surface area contributed by atoms with Gasteiger partial charge in [-0.15, -0.1) is 0 Å². The number of unbranched alkanes of at least 4 members (excludes halogenated alkanes) is 3. The maximum absolute atomic E-state index is 12.4. The van der Waals surface area contributed by atoms with Gasteiger partial charge in [0.25, 0.3) is 0 Å². The van der Waals surface area contributed by atoms with Crippen molar-refractivity contribution >= 4 is 28.2 Å². The Hall–Kier alpha value is -0.781. The van der Waals surface area contributed by atoms with Crippen molar-refractivity contribution in [2.24, 2.45) is 0 Å². The summed E-state index contributed by atoms with van der Waals surface area (Å²) in [7, 11) is 0. The molecule has 1 aliphatic heterocycles. The summed E-state index contributed by atoms with van der Waals surface area (Å²) in [6, 6.07) is 6.91. The first-order valence-corrected chi connectivity index (χ1v) is 20.7. The summed E-state index contributed by atoms with van der Waals surface area (Å²) in [6.07, 6.45) is 9.76. The number of amides is 1. The van der Waals surface area contributed by atoms with Crippen molar-refractivity contribution in [3.63, 3.8) is 0 Å². The zero-order chi connectivity index (χ0) is 23.6. The van der Waals surface area contributed by atoms with Gasteiger partial charge in [-0.05, 0) is 0 Å². The van der Waals surface area contributed by atoms with Gasteiger partial charge < -0.3 is 0 Å². The van der Waals surface area contributed by atoms with Gasteiger partial charge >= 0.3 is 202 Å². The van der Waals surface area contributed by atoms with E-state index in [9.17, 15) is 4.79 Å². The summed E-state index contributed by atoms with van der Waals surface area (Å²) in [5.41, 5.74) is 0.840. The van der Waals surface area contributed by atoms with E-state index in [1.165, 1.54) is 61.2 Å². The maximum atomic E-state index is 12.4. The Labute approximate surface area is 201 Å². The molecule has 1 saturated heterocycles. The van der Waals surface area contributed by atoms with E-state index in [1.54, 1.807) is 0 Å². The van der Waals surface area contributed by atoms with Crippen molar-refractivity contribution in [1.29, 1.82) is 0 Å². The number of aromatic nitrogens is 1. The molecule has 2 heterocycles. The van der Waals surface area contributed by atoms with Crippen LogP contribution in [0.1, 0.15) is 105 Å². The second-order valence-corrected chi connectivity index (χ2v) is 23.8. The molecule has 1 aromatic rings. The van der Waals surface area contributed by atoms with Gasteiger partial charge in [0, 0.05) is 0 Å². The number of carbonyl (C=O) groups is 1. The van der Waals surface area contributed by atoms with Crippen molar-refractivity contribution in [3.8, 4) is 0 Å². The Kier molecular flexibility index (Phi) is 11.3. The molecule has 1 aromatic heterocycles. The van der Waals surface area contributed by atoms with E-state index in [0.717, 1.165) is 25.9 Å². The van der Waals surface area contributed by atoms with Crippen molar-refractivity contribution in [2.75, 3.05) is 13.1 Å². The quantitative estimate of drug-likeness (QED) is 0.272. The van der Waals surface area contributed by atoms with Crippen LogP contribution in [0.15, 0.2) is 18.2 Å². The van der Waals surface area contributed by atoms with E-state index in [4.69, 9.17) is 9.72 Å². The van der Waals surface area contributed by atoms with Crippen molar-refractivity contribution in [3.05, 3.63) is 23.9 Å². The summed E-state index contributed by atoms with van der Waals surface area (Å²) < 4.78 is 11.5. The first-order chi connectivity index (χ1) is 15.2. The number of hydrogen-bond donors (Lipinski definition) is 0. The standard InChI is InChI=1S/C15H21N2O2.3C4H9.Sn/c1-15(2,3)19-14(18)17-10-7-12(8-11-17)13-6-4-5-9-16-13;3*1-3-4-2;/h4-6,12H,7-8,10-11H2,1-3H3;3*1,3-4H2,2H3;. The fraction of sp³-hybridized carbons (Fsp3) is 0.778. The van der Waals surface area contributed by atoms with Crippen LogP contribution in [-0.2, 0) is 4.74 Å². The molecule has 0 unspecified atom stereocenters. The van der Waals surface area contributed by atoms with Crippen LogP contribution in [0.2, 0.25) is 13.3 Å². The molecule has 0 atom stereocenters. The fourth-order valence-electron chi connectivity index (χ4n) is 4.96. The van der Waals surface area contributed by atoms with E-state index in [1.807, 2.05) is 25.7 Å². The molecule has 0 saturated carbocycles. The third kappa shape index (κ3) is 8.21. The number of piperidine rings is 1. The average molecular weight is 551 g/mol. The zero-order valence-corrected chi connectivity index (χ0v) is 24.6. The molecule has 5 heteroatoms. The topological polar surface area (TPSA) is 42.4 Å². The van der Waals surface area contributed by atoms with Crippen LogP contribution in [-0.4, -0.2) is 53.0 Å². The van der Waals surface area contributed by atoms with Gasteiger partial charge in [-0.3, -0.25) is 0 Å². The molecule has 32 heavy (non-hydrogen) atoms. The second-order valence-electron chi connectivity index (χ2n) is 10.8. The van der Waals surface area contributed by atoms with E-state index in [-0.39, 0.29) is 6.09 Å². The first kappa shape index (κ1) is 27.5. The molecule has 182 valence electrons. The zero-order valence-electron chi connectivity index (χ0n) is 21.7. The molecule has 2 rings (SSSR count). The number of nitrogens with zero attached hydrogens (tertiary/aromatic N) is 2. The molecule has 1 aliphatic rings. The molecule has 0 N–H and O–H groups in total. The third-order valence-electron chi connectivity index (χ3n) is 6.91. The van der Waals surface area contributed by atoms with Crippen LogP contribution in [0.5, 0.6) is 0 Å². The van der Waals surface area contributed by atoms with Crippen molar-refractivity contribution in [1.82, 2.24) is 9.88 Å². The number of hydrogen-bond acceptors (Lipinski definition) is 3. The van der Waals surface area contributed by atoms with Crippen molar-refractivity contribution < 1.29 is 9.53 Å². The second kappa shape index (κ2) is 13.2. The summed E-state index contributed by atoms with van der Waals surface area (Å²) in [6.45, 7) is 14.3. The van der Waals surface area contributed by atoms with Crippen LogP contribution in [0.4, 0.5) is 4.79 Å². The molecule has 0 spiro atoms. The van der Waals surface area contributed by atoms with Crippen LogP contribution in [0.3, 0.4) is 0 Å². The number of ether oxygens (including phenoxy) is 1. The minimum absolute atomic E-state index is 0.174. The minimum atomic E-state index is -2.51. The van der Waals surface area contributed by atoms with E-state index in [0.29, 0.717) is 5.92 Å². The molecule has 0 aliphatic carbocycles. The molecule has 0 bridgehead atoms. The Bertz CT molecular complexity index is 671. The normalized spacial score (nSPS) is 15.8. The van der Waals surface area contributed by atoms with Crippen molar-refractivity contribution in [2.45, 2.75) is 118 Å². The van der Waals surface area contributed by atoms with Gasteiger partial charge in [0.15, 0.2) is 0 Å². The predicted octanol–water partition coefficient (Wildman–Crippen LogP) is 7.25. The predicted molar refractivity (Wildman–Crippen MR) is 139 cm³/mol. The van der Waals surface area contributed by atoms with Gasteiger partial charge in [0.1, 0.15) is 0 Å². The molecule has 4 nitrogen and oxygen atoms in total. The third-order valence-corrected chi connectivity index (χ3v) is 22.0. The van der Waals surface area contributed by atoms with Crippen LogP contribution in [0.25, 0.3) is 0 Å². The van der Waals surface area contributed by atoms with Crippen LogP contribution < -0.4 is 3.71 Å². The Morgan fingerprint density at radius 2 is 1.53 bits per heavy atom. The van der Waals surface area contributed by atoms with Gasteiger partial charge in [-0.1, -0.05) is 0 Å². The first-order valence-electron chi connectivity index (χ1n) is 13.2. The Balaban J connectivity index is 2.17. The molecule has 1 amide bonds. The average Bonchev–Trinajstić information content (AvgIpc) is 2.78. The van der Waals surface area contributed by atoms with Gasteiger partial charge in [-0.2, -0.15) is 0 Å². The van der Waals surface area contributed by atoms with Crippen LogP contribution >= 0.6 is 0 Å². The molecule has 0 radical (unpaired) electrons. The summed E-state index contributed by atoms with van der Waals surface area (Å²) >= 11 is -2.51. The summed E-state index contributed by atoms with van der Waals surface area (Å²) in [5.74, 6) is 0.459. The number of carbonyl (C=O) groups excluding carboxylic acids is 1. The summed E-state index contributed by atoms with van der Waals surface area (Å²) in [4.78, 5) is 19.7. The van der Waals surface area contributed by atoms with Gasteiger partial charge in [0.05, 0.1) is 0 Å². The Morgan fingerprint density at radius 3 is 2.00 bits per heavy atom. The van der Waals surface area contributed by atoms with E-state index in [2.05, 4.69) is 39.0 Å². The van der Waals surface area contributed by atoms with Crippen LogP contribution in [0, 0.1) is 0 Å². The summed E-state index contributed by atoms with van der Waals surface area (Å²) in [5, 5.41) is 0. The number of rotatable bonds is 11. The molecular formula is C27H48N2O2Sn. The molecule has 1 fully saturated rings. The monoisotopic (exact) mass is 552 g/mol. The molecular weight excluding hydrogens is 503 g/mol. The van der Waals surface area contributed by atoms with Gasteiger partial charge in [0.2, 0.25) is 0 Å². The van der Waals surface area contributed by atoms with E-state index < -0.39 is 24.0 Å². The SMILES string of the molecule is CCC[CH2][Sn]([CH2]CCC)([CH2]CCC)[c]1cccc(C2CCN(C(=O)OC(C)(C)C)CC2)n1. The van der Waals surface area contributed by atoms with Gasteiger partial charge in [-0.25, -0.2) is 0 Å². The number of pyridine rings is 1. The fourth-order valence-corrected chi connectivity index (χ4v) is 20.4. The Morgan fingerprint density at radius 1 is 1.00 bits per heavy atom. The number of likely N-dealkylation sites (tertiary alicyclic amines) is 1.